The highest BCUT2D eigenvalue weighted by Gasteiger charge is 2.04. The number of rotatable bonds is 5. The molecule has 0 saturated heterocycles. The molecule has 1 aromatic carbocycles. The molecule has 94 valence electrons. The maximum atomic E-state index is 11.6. The number of thiophene rings is 1. The monoisotopic (exact) mass is 324 g/mol. The zero-order valence-corrected chi connectivity index (χ0v) is 12.1. The quantitative estimate of drug-likeness (QED) is 0.886. The van der Waals surface area contributed by atoms with E-state index < -0.39 is 0 Å². The maximum absolute atomic E-state index is 11.6. The summed E-state index contributed by atoms with van der Waals surface area (Å²) >= 11 is 5.06. The molecule has 2 aromatic rings. The minimum atomic E-state index is -0.0147. The Morgan fingerprint density at radius 1 is 1.22 bits per heavy atom. The van der Waals surface area contributed by atoms with Crippen LogP contribution in [-0.4, -0.2) is 12.5 Å². The third-order valence-corrected chi connectivity index (χ3v) is 4.29. The predicted molar refractivity (Wildman–Crippen MR) is 78.8 cm³/mol. The van der Waals surface area contributed by atoms with Gasteiger partial charge in [0.1, 0.15) is 0 Å². The van der Waals surface area contributed by atoms with Gasteiger partial charge >= 0.3 is 0 Å². The number of hydrogen-bond acceptors (Lipinski definition) is 3. The van der Waals surface area contributed by atoms with Crippen molar-refractivity contribution in [2.45, 2.75) is 6.54 Å². The Labute approximate surface area is 118 Å². The summed E-state index contributed by atoms with van der Waals surface area (Å²) in [6.45, 7) is 0.848. The molecule has 1 amide bonds. The van der Waals surface area contributed by atoms with Crippen molar-refractivity contribution in [2.24, 2.45) is 0 Å². The third-order valence-electron chi connectivity index (χ3n) is 2.36. The highest BCUT2D eigenvalue weighted by atomic mass is 79.9. The average Bonchev–Trinajstić information content (AvgIpc) is 2.81. The van der Waals surface area contributed by atoms with Gasteiger partial charge in [-0.3, -0.25) is 4.79 Å². The number of anilines is 1. The zero-order chi connectivity index (χ0) is 12.8. The van der Waals surface area contributed by atoms with Crippen molar-refractivity contribution < 1.29 is 4.79 Å². The molecular weight excluding hydrogens is 312 g/mol. The normalized spacial score (nSPS) is 10.1. The molecule has 5 heteroatoms. The first-order chi connectivity index (χ1) is 8.75. The third kappa shape index (κ3) is 3.85. The molecule has 2 N–H and O–H groups in total. The number of hydrogen-bond donors (Lipinski definition) is 2. The SMILES string of the molecule is O=C(CNc1ccccc1)NCc1sccc1Br. The fraction of sp³-hybridized carbons (Fsp3) is 0.154. The van der Waals surface area contributed by atoms with Crippen LogP contribution in [0.4, 0.5) is 5.69 Å². The van der Waals surface area contributed by atoms with Gasteiger partial charge in [-0.2, -0.15) is 0 Å². The fourth-order valence-electron chi connectivity index (χ4n) is 1.43. The lowest BCUT2D eigenvalue weighted by Gasteiger charge is -2.07. The average molecular weight is 325 g/mol. The molecule has 3 nitrogen and oxygen atoms in total. The van der Waals surface area contributed by atoms with Crippen LogP contribution in [0.2, 0.25) is 0 Å². The van der Waals surface area contributed by atoms with E-state index in [-0.39, 0.29) is 12.5 Å². The second-order valence-corrected chi connectivity index (χ2v) is 5.54. The number of halogens is 1. The van der Waals surface area contributed by atoms with Crippen LogP contribution < -0.4 is 10.6 Å². The summed E-state index contributed by atoms with van der Waals surface area (Å²) in [5, 5.41) is 7.94. The lowest BCUT2D eigenvalue weighted by Crippen LogP contribution is -2.29. The molecule has 0 unspecified atom stereocenters. The van der Waals surface area contributed by atoms with Crippen LogP contribution in [0, 0.1) is 0 Å². The minimum absolute atomic E-state index is 0.0147. The number of carbonyl (C=O) groups is 1. The van der Waals surface area contributed by atoms with E-state index in [9.17, 15) is 4.79 Å². The van der Waals surface area contributed by atoms with Crippen LogP contribution in [-0.2, 0) is 11.3 Å². The maximum Gasteiger partial charge on any atom is 0.239 e. The Morgan fingerprint density at radius 2 is 2.00 bits per heavy atom. The van der Waals surface area contributed by atoms with Gasteiger partial charge in [-0.25, -0.2) is 0 Å². The summed E-state index contributed by atoms with van der Waals surface area (Å²) in [4.78, 5) is 12.8. The van der Waals surface area contributed by atoms with Gasteiger partial charge in [0.2, 0.25) is 5.91 Å². The van der Waals surface area contributed by atoms with Gasteiger partial charge in [0.15, 0.2) is 0 Å². The van der Waals surface area contributed by atoms with Crippen LogP contribution >= 0.6 is 27.3 Å². The first-order valence-corrected chi connectivity index (χ1v) is 7.20. The Bertz CT molecular complexity index is 513. The van der Waals surface area contributed by atoms with Crippen LogP contribution in [0.1, 0.15) is 4.88 Å². The van der Waals surface area contributed by atoms with E-state index in [1.54, 1.807) is 11.3 Å². The van der Waals surface area contributed by atoms with Gasteiger partial charge in [-0.05, 0) is 39.5 Å². The van der Waals surface area contributed by atoms with Gasteiger partial charge < -0.3 is 10.6 Å². The summed E-state index contributed by atoms with van der Waals surface area (Å²) < 4.78 is 1.05. The first-order valence-electron chi connectivity index (χ1n) is 5.53. The van der Waals surface area contributed by atoms with E-state index in [0.717, 1.165) is 15.0 Å². The number of para-hydroxylation sites is 1. The first kappa shape index (κ1) is 13.1. The molecule has 0 fully saturated rings. The number of amides is 1. The van der Waals surface area contributed by atoms with Gasteiger partial charge in [0, 0.05) is 15.0 Å². The van der Waals surface area contributed by atoms with E-state index in [4.69, 9.17) is 0 Å². The molecular formula is C13H13BrN2OS. The van der Waals surface area contributed by atoms with Crippen molar-refractivity contribution in [1.82, 2.24) is 5.32 Å². The summed E-state index contributed by atoms with van der Waals surface area (Å²) in [5.74, 6) is -0.0147. The second-order valence-electron chi connectivity index (χ2n) is 3.69. The van der Waals surface area contributed by atoms with E-state index in [2.05, 4.69) is 26.6 Å². The van der Waals surface area contributed by atoms with Crippen LogP contribution in [0.15, 0.2) is 46.3 Å². The lowest BCUT2D eigenvalue weighted by atomic mass is 10.3. The second kappa shape index (κ2) is 6.56. The number of benzene rings is 1. The highest BCUT2D eigenvalue weighted by molar-refractivity contribution is 9.10. The Kier molecular flexibility index (Phi) is 4.78. The van der Waals surface area contributed by atoms with Gasteiger partial charge in [0.25, 0.3) is 0 Å². The van der Waals surface area contributed by atoms with Gasteiger partial charge in [0.05, 0.1) is 13.1 Å². The number of nitrogens with one attached hydrogen (secondary N) is 2. The van der Waals surface area contributed by atoms with E-state index in [1.165, 1.54) is 0 Å². The Morgan fingerprint density at radius 3 is 2.67 bits per heavy atom. The van der Waals surface area contributed by atoms with E-state index in [0.29, 0.717) is 6.54 Å². The number of carbonyl (C=O) groups excluding carboxylic acids is 1. The summed E-state index contributed by atoms with van der Waals surface area (Å²) in [5.41, 5.74) is 0.949. The smallest absolute Gasteiger partial charge is 0.239 e. The van der Waals surface area contributed by atoms with Crippen LogP contribution in [0.3, 0.4) is 0 Å². The molecule has 1 aromatic heterocycles. The van der Waals surface area contributed by atoms with Crippen molar-refractivity contribution in [3.05, 3.63) is 51.1 Å². The van der Waals surface area contributed by atoms with Crippen molar-refractivity contribution in [1.29, 1.82) is 0 Å². The van der Waals surface area contributed by atoms with Gasteiger partial charge in [-0.1, -0.05) is 18.2 Å². The molecule has 0 atom stereocenters. The van der Waals surface area contributed by atoms with Crippen LogP contribution in [0.25, 0.3) is 0 Å². The Hall–Kier alpha value is -1.33. The molecule has 0 radical (unpaired) electrons. The van der Waals surface area contributed by atoms with Gasteiger partial charge in [-0.15, -0.1) is 11.3 Å². The summed E-state index contributed by atoms with van der Waals surface area (Å²) in [7, 11) is 0. The molecule has 0 bridgehead atoms. The van der Waals surface area contributed by atoms with E-state index >= 15 is 0 Å². The van der Waals surface area contributed by atoms with Crippen molar-refractivity contribution in [2.75, 3.05) is 11.9 Å². The highest BCUT2D eigenvalue weighted by Crippen LogP contribution is 2.21. The molecule has 0 aliphatic heterocycles. The molecule has 0 aliphatic rings. The fourth-order valence-corrected chi connectivity index (χ4v) is 2.86. The predicted octanol–water partition coefficient (Wildman–Crippen LogP) is 3.24. The van der Waals surface area contributed by atoms with Crippen LogP contribution in [0.5, 0.6) is 0 Å². The molecule has 0 aliphatic carbocycles. The molecule has 2 rings (SSSR count). The van der Waals surface area contributed by atoms with E-state index in [1.807, 2.05) is 41.8 Å². The molecule has 0 spiro atoms. The summed E-state index contributed by atoms with van der Waals surface area (Å²) in [6.07, 6.45) is 0. The molecule has 0 saturated carbocycles. The standard InChI is InChI=1S/C13H13BrN2OS/c14-11-6-7-18-12(11)8-16-13(17)9-15-10-4-2-1-3-5-10/h1-7,15H,8-9H2,(H,16,17). The lowest BCUT2D eigenvalue weighted by molar-refractivity contribution is -0.119. The van der Waals surface area contributed by atoms with Crippen molar-refractivity contribution in [3.63, 3.8) is 0 Å². The zero-order valence-electron chi connectivity index (χ0n) is 9.65. The minimum Gasteiger partial charge on any atom is -0.376 e. The molecule has 18 heavy (non-hydrogen) atoms. The van der Waals surface area contributed by atoms with Crippen molar-refractivity contribution in [3.8, 4) is 0 Å². The summed E-state index contributed by atoms with van der Waals surface area (Å²) in [6, 6.07) is 11.7. The largest absolute Gasteiger partial charge is 0.376 e. The van der Waals surface area contributed by atoms with Crippen molar-refractivity contribution >= 4 is 38.9 Å². The molecule has 1 heterocycles. The Balaban J connectivity index is 1.75. The topological polar surface area (TPSA) is 41.1 Å².